The Bertz CT molecular complexity index is 857. The third-order valence-corrected chi connectivity index (χ3v) is 3.02. The van der Waals surface area contributed by atoms with Gasteiger partial charge in [-0.25, -0.2) is 9.59 Å². The molecule has 0 saturated heterocycles. The highest BCUT2D eigenvalue weighted by Gasteiger charge is 2.20. The highest BCUT2D eigenvalue weighted by molar-refractivity contribution is 6.30. The molecule has 2 aromatic rings. The summed E-state index contributed by atoms with van der Waals surface area (Å²) >= 11 is 5.76. The lowest BCUT2D eigenvalue weighted by atomic mass is 10.1. The van der Waals surface area contributed by atoms with Crippen LogP contribution in [0.15, 0.2) is 31.4 Å². The third-order valence-electron chi connectivity index (χ3n) is 2.57. The SMILES string of the molecule is Cc1[nH]c(=O)n(C(C)(C)C)c(=O)c1Cl.O=c1cc[nH]c(=O)[nH]1. The molecule has 2 aromatic heterocycles. The highest BCUT2D eigenvalue weighted by Crippen LogP contribution is 2.10. The van der Waals surface area contributed by atoms with Crippen molar-refractivity contribution in [3.63, 3.8) is 0 Å². The molecule has 0 unspecified atom stereocenters. The molecule has 0 aliphatic carbocycles. The Morgan fingerprint density at radius 2 is 1.68 bits per heavy atom. The van der Waals surface area contributed by atoms with Crippen LogP contribution in [0.25, 0.3) is 0 Å². The molecule has 0 aliphatic rings. The fourth-order valence-corrected chi connectivity index (χ4v) is 1.75. The summed E-state index contributed by atoms with van der Waals surface area (Å²) in [6.45, 7) is 6.91. The normalized spacial score (nSPS) is 10.8. The number of aromatic nitrogens is 4. The van der Waals surface area contributed by atoms with Crippen LogP contribution in [0.3, 0.4) is 0 Å². The molecule has 2 rings (SSSR count). The fourth-order valence-electron chi connectivity index (χ4n) is 1.61. The molecular formula is C13H17ClN4O4. The van der Waals surface area contributed by atoms with Crippen LogP contribution < -0.4 is 22.5 Å². The van der Waals surface area contributed by atoms with E-state index in [1.54, 1.807) is 27.7 Å². The van der Waals surface area contributed by atoms with Gasteiger partial charge in [0, 0.05) is 23.5 Å². The maximum atomic E-state index is 11.7. The van der Waals surface area contributed by atoms with E-state index in [0.717, 1.165) is 4.57 Å². The van der Waals surface area contributed by atoms with Gasteiger partial charge in [0.1, 0.15) is 5.02 Å². The fraction of sp³-hybridized carbons (Fsp3) is 0.385. The Morgan fingerprint density at radius 1 is 1.09 bits per heavy atom. The van der Waals surface area contributed by atoms with E-state index < -0.39 is 22.5 Å². The Morgan fingerprint density at radius 3 is 2.09 bits per heavy atom. The van der Waals surface area contributed by atoms with E-state index in [4.69, 9.17) is 11.6 Å². The minimum absolute atomic E-state index is 0.0690. The zero-order chi connectivity index (χ0) is 17.1. The van der Waals surface area contributed by atoms with Gasteiger partial charge in [0.25, 0.3) is 11.1 Å². The molecule has 0 bridgehead atoms. The molecule has 2 heterocycles. The summed E-state index contributed by atoms with van der Waals surface area (Å²) in [6, 6.07) is 1.24. The molecule has 0 radical (unpaired) electrons. The number of aryl methyl sites for hydroxylation is 1. The molecule has 22 heavy (non-hydrogen) atoms. The lowest BCUT2D eigenvalue weighted by Gasteiger charge is -2.21. The zero-order valence-electron chi connectivity index (χ0n) is 12.6. The third kappa shape index (κ3) is 4.32. The Hall–Kier alpha value is -2.35. The highest BCUT2D eigenvalue weighted by atomic mass is 35.5. The smallest absolute Gasteiger partial charge is 0.314 e. The predicted octanol–water partition coefficient (Wildman–Crippen LogP) is 0.317. The van der Waals surface area contributed by atoms with Crippen LogP contribution in [0, 0.1) is 6.92 Å². The molecule has 8 nitrogen and oxygen atoms in total. The van der Waals surface area contributed by atoms with E-state index in [1.807, 2.05) is 4.98 Å². The first-order valence-corrected chi connectivity index (χ1v) is 6.71. The van der Waals surface area contributed by atoms with Crippen molar-refractivity contribution in [1.29, 1.82) is 0 Å². The first-order valence-electron chi connectivity index (χ1n) is 6.34. The zero-order valence-corrected chi connectivity index (χ0v) is 13.4. The predicted molar refractivity (Wildman–Crippen MR) is 83.7 cm³/mol. The van der Waals surface area contributed by atoms with Crippen molar-refractivity contribution in [2.24, 2.45) is 0 Å². The van der Waals surface area contributed by atoms with Gasteiger partial charge in [0.05, 0.1) is 0 Å². The van der Waals surface area contributed by atoms with Gasteiger partial charge < -0.3 is 9.97 Å². The second kappa shape index (κ2) is 6.61. The second-order valence-electron chi connectivity index (χ2n) is 5.48. The average molecular weight is 329 g/mol. The second-order valence-corrected chi connectivity index (χ2v) is 5.85. The van der Waals surface area contributed by atoms with E-state index >= 15 is 0 Å². The van der Waals surface area contributed by atoms with Gasteiger partial charge in [-0.05, 0) is 27.7 Å². The summed E-state index contributed by atoms with van der Waals surface area (Å²) < 4.78 is 1.11. The quantitative estimate of drug-likeness (QED) is 0.644. The summed E-state index contributed by atoms with van der Waals surface area (Å²) in [6.07, 6.45) is 1.29. The number of hydrogen-bond donors (Lipinski definition) is 3. The Kier molecular flexibility index (Phi) is 5.32. The van der Waals surface area contributed by atoms with Gasteiger partial charge >= 0.3 is 11.4 Å². The molecular weight excluding hydrogens is 312 g/mol. The van der Waals surface area contributed by atoms with E-state index in [9.17, 15) is 19.2 Å². The van der Waals surface area contributed by atoms with Crippen molar-refractivity contribution in [2.75, 3.05) is 0 Å². The molecule has 9 heteroatoms. The molecule has 0 fully saturated rings. The lowest BCUT2D eigenvalue weighted by molar-refractivity contribution is 0.366. The van der Waals surface area contributed by atoms with E-state index in [0.29, 0.717) is 5.69 Å². The van der Waals surface area contributed by atoms with Crippen molar-refractivity contribution in [3.8, 4) is 0 Å². The van der Waals surface area contributed by atoms with Crippen molar-refractivity contribution in [3.05, 3.63) is 64.7 Å². The van der Waals surface area contributed by atoms with Gasteiger partial charge in [-0.15, -0.1) is 0 Å². The molecule has 0 atom stereocenters. The molecule has 0 saturated carbocycles. The molecule has 120 valence electrons. The maximum absolute atomic E-state index is 11.7. The summed E-state index contributed by atoms with van der Waals surface area (Å²) in [5, 5.41) is 0.0690. The number of aromatic amines is 3. The van der Waals surface area contributed by atoms with Crippen LogP contribution in [0.5, 0.6) is 0 Å². The summed E-state index contributed by atoms with van der Waals surface area (Å²) in [5.74, 6) is 0. The number of H-pyrrole nitrogens is 3. The minimum Gasteiger partial charge on any atom is -0.314 e. The van der Waals surface area contributed by atoms with Crippen molar-refractivity contribution < 1.29 is 0 Å². The molecule has 0 aromatic carbocycles. The number of nitrogens with one attached hydrogen (secondary N) is 3. The molecule has 0 spiro atoms. The van der Waals surface area contributed by atoms with Crippen LogP contribution in [-0.2, 0) is 5.54 Å². The number of halogens is 1. The standard InChI is InChI=1S/C9H13ClN2O2.C4H4N2O2/c1-5-6(10)7(13)12(8(14)11-5)9(2,3)4;7-3-1-2-5-4(8)6-3/h1-4H3,(H,11,14);1-2H,(H2,5,6,7,8). The van der Waals surface area contributed by atoms with Gasteiger partial charge in [-0.2, -0.15) is 0 Å². The summed E-state index contributed by atoms with van der Waals surface area (Å²) in [7, 11) is 0. The molecule has 0 aliphatic heterocycles. The minimum atomic E-state index is -0.567. The van der Waals surface area contributed by atoms with E-state index in [-0.39, 0.29) is 10.6 Å². The van der Waals surface area contributed by atoms with Gasteiger partial charge in [0.15, 0.2) is 0 Å². The van der Waals surface area contributed by atoms with Crippen molar-refractivity contribution in [2.45, 2.75) is 33.2 Å². The lowest BCUT2D eigenvalue weighted by Crippen LogP contribution is -2.45. The average Bonchev–Trinajstić information content (AvgIpc) is 2.34. The molecule has 3 N–H and O–H groups in total. The van der Waals surface area contributed by atoms with Crippen LogP contribution >= 0.6 is 11.6 Å². The summed E-state index contributed by atoms with van der Waals surface area (Å²) in [4.78, 5) is 50.4. The summed E-state index contributed by atoms with van der Waals surface area (Å²) in [5.41, 5.74) is -1.89. The Balaban J connectivity index is 0.000000255. The first kappa shape index (κ1) is 17.7. The Labute approximate surface area is 129 Å². The van der Waals surface area contributed by atoms with Crippen LogP contribution in [0.2, 0.25) is 5.02 Å². The number of hydrogen-bond acceptors (Lipinski definition) is 4. The van der Waals surface area contributed by atoms with Crippen LogP contribution in [-0.4, -0.2) is 19.5 Å². The van der Waals surface area contributed by atoms with Gasteiger partial charge in [-0.3, -0.25) is 19.1 Å². The van der Waals surface area contributed by atoms with Crippen molar-refractivity contribution in [1.82, 2.24) is 19.5 Å². The van der Waals surface area contributed by atoms with Crippen LogP contribution in [0.1, 0.15) is 26.5 Å². The van der Waals surface area contributed by atoms with Gasteiger partial charge in [0.2, 0.25) is 0 Å². The van der Waals surface area contributed by atoms with E-state index in [2.05, 4.69) is 9.97 Å². The first-order chi connectivity index (χ1) is 10.0. The molecule has 0 amide bonds. The largest absolute Gasteiger partial charge is 0.329 e. The van der Waals surface area contributed by atoms with E-state index in [1.165, 1.54) is 12.3 Å². The topological polar surface area (TPSA) is 121 Å². The van der Waals surface area contributed by atoms with Crippen molar-refractivity contribution >= 4 is 11.6 Å². The maximum Gasteiger partial charge on any atom is 0.329 e. The number of nitrogens with zero attached hydrogens (tertiary/aromatic N) is 1. The number of rotatable bonds is 0. The van der Waals surface area contributed by atoms with Crippen LogP contribution in [0.4, 0.5) is 0 Å². The van der Waals surface area contributed by atoms with Gasteiger partial charge in [-0.1, -0.05) is 11.6 Å². The monoisotopic (exact) mass is 328 g/mol.